The lowest BCUT2D eigenvalue weighted by Crippen LogP contribution is -2.46. The molecule has 7 nitrogen and oxygen atoms in total. The third-order valence-electron chi connectivity index (χ3n) is 5.00. The Hall–Kier alpha value is -2.90. The van der Waals surface area contributed by atoms with Gasteiger partial charge in [0.05, 0.1) is 6.54 Å². The first kappa shape index (κ1) is 19.4. The van der Waals surface area contributed by atoms with E-state index in [0.717, 1.165) is 37.4 Å². The monoisotopic (exact) mass is 409 g/mol. The van der Waals surface area contributed by atoms with E-state index in [2.05, 4.69) is 54.3 Å². The SMILES string of the molecule is Cc1ccc(Cl)cc1Nc1nc(N)nc(CN2CCN(c3ccccc3)CC2)n1. The zero-order valence-corrected chi connectivity index (χ0v) is 17.1. The van der Waals surface area contributed by atoms with Crippen LogP contribution in [0.1, 0.15) is 11.4 Å². The van der Waals surface area contributed by atoms with Gasteiger partial charge < -0.3 is 16.0 Å². The molecule has 1 aliphatic rings. The van der Waals surface area contributed by atoms with Crippen molar-refractivity contribution in [1.82, 2.24) is 19.9 Å². The second kappa shape index (κ2) is 8.63. The van der Waals surface area contributed by atoms with Gasteiger partial charge in [-0.15, -0.1) is 0 Å². The summed E-state index contributed by atoms with van der Waals surface area (Å²) in [4.78, 5) is 17.8. The van der Waals surface area contributed by atoms with Gasteiger partial charge in [-0.1, -0.05) is 35.9 Å². The Kier molecular flexibility index (Phi) is 5.78. The van der Waals surface area contributed by atoms with Crippen LogP contribution in [-0.2, 0) is 6.54 Å². The summed E-state index contributed by atoms with van der Waals surface area (Å²) < 4.78 is 0. The fourth-order valence-electron chi connectivity index (χ4n) is 3.42. The van der Waals surface area contributed by atoms with Crippen LogP contribution in [0, 0.1) is 6.92 Å². The number of nitrogens with two attached hydrogens (primary N) is 1. The molecule has 0 amide bonds. The minimum atomic E-state index is 0.208. The van der Waals surface area contributed by atoms with Crippen LogP contribution >= 0.6 is 11.6 Å². The summed E-state index contributed by atoms with van der Waals surface area (Å²) in [5.74, 6) is 1.30. The lowest BCUT2D eigenvalue weighted by atomic mass is 10.2. The maximum atomic E-state index is 6.10. The molecule has 0 unspecified atom stereocenters. The molecule has 0 radical (unpaired) electrons. The molecular weight excluding hydrogens is 386 g/mol. The quantitative estimate of drug-likeness (QED) is 0.667. The highest BCUT2D eigenvalue weighted by Gasteiger charge is 2.18. The molecule has 0 aliphatic carbocycles. The highest BCUT2D eigenvalue weighted by molar-refractivity contribution is 6.30. The predicted octanol–water partition coefficient (Wildman–Crippen LogP) is 3.48. The van der Waals surface area contributed by atoms with Crippen LogP contribution in [0.2, 0.25) is 5.02 Å². The van der Waals surface area contributed by atoms with Gasteiger partial charge in [-0.2, -0.15) is 15.0 Å². The van der Waals surface area contributed by atoms with Gasteiger partial charge in [0.1, 0.15) is 5.82 Å². The molecule has 0 spiro atoms. The Labute approximate surface area is 175 Å². The van der Waals surface area contributed by atoms with Gasteiger partial charge in [-0.25, -0.2) is 0 Å². The maximum Gasteiger partial charge on any atom is 0.232 e. The second-order valence-corrected chi connectivity index (χ2v) is 7.55. The van der Waals surface area contributed by atoms with Gasteiger partial charge >= 0.3 is 0 Å². The first-order valence-electron chi connectivity index (χ1n) is 9.63. The van der Waals surface area contributed by atoms with Crippen molar-refractivity contribution in [2.45, 2.75) is 13.5 Å². The number of rotatable bonds is 5. The molecule has 8 heteroatoms. The molecule has 1 fully saturated rings. The molecule has 0 bridgehead atoms. The maximum absolute atomic E-state index is 6.10. The standard InChI is InChI=1S/C21H24ClN7/c1-15-7-8-16(22)13-18(15)24-21-26-19(25-20(23)27-21)14-28-9-11-29(12-10-28)17-5-3-2-4-6-17/h2-8,13H,9-12,14H2,1H3,(H3,23,24,25,26,27). The number of piperazine rings is 1. The molecule has 29 heavy (non-hydrogen) atoms. The summed E-state index contributed by atoms with van der Waals surface area (Å²) in [5, 5.41) is 3.86. The van der Waals surface area contributed by atoms with Crippen LogP contribution in [-0.4, -0.2) is 46.0 Å². The molecular formula is C21H24ClN7. The number of nitrogens with one attached hydrogen (secondary N) is 1. The molecule has 2 aromatic carbocycles. The number of anilines is 4. The van der Waals surface area contributed by atoms with Gasteiger partial charge in [0, 0.05) is 42.6 Å². The first-order chi connectivity index (χ1) is 14.1. The minimum Gasteiger partial charge on any atom is -0.369 e. The Morgan fingerprint density at radius 2 is 1.76 bits per heavy atom. The molecule has 1 aliphatic heterocycles. The Morgan fingerprint density at radius 3 is 2.52 bits per heavy atom. The number of aryl methyl sites for hydroxylation is 1. The van der Waals surface area contributed by atoms with E-state index in [1.807, 2.05) is 31.2 Å². The van der Waals surface area contributed by atoms with E-state index in [9.17, 15) is 0 Å². The molecule has 3 N–H and O–H groups in total. The lowest BCUT2D eigenvalue weighted by Gasteiger charge is -2.35. The number of halogens is 1. The van der Waals surface area contributed by atoms with Crippen LogP contribution in [0.5, 0.6) is 0 Å². The molecule has 1 aromatic heterocycles. The van der Waals surface area contributed by atoms with E-state index in [-0.39, 0.29) is 5.95 Å². The van der Waals surface area contributed by atoms with Crippen molar-refractivity contribution >= 4 is 34.9 Å². The van der Waals surface area contributed by atoms with Crippen molar-refractivity contribution in [3.05, 3.63) is 64.9 Å². The van der Waals surface area contributed by atoms with Crippen LogP contribution in [0.4, 0.5) is 23.3 Å². The third kappa shape index (κ3) is 4.93. The highest BCUT2D eigenvalue weighted by Crippen LogP contribution is 2.23. The van der Waals surface area contributed by atoms with Gasteiger partial charge in [0.25, 0.3) is 0 Å². The van der Waals surface area contributed by atoms with Crippen molar-refractivity contribution < 1.29 is 0 Å². The number of hydrogen-bond donors (Lipinski definition) is 2. The number of nitrogens with zero attached hydrogens (tertiary/aromatic N) is 5. The van der Waals surface area contributed by atoms with E-state index < -0.39 is 0 Å². The topological polar surface area (TPSA) is 83.2 Å². The fourth-order valence-corrected chi connectivity index (χ4v) is 3.59. The van der Waals surface area contributed by atoms with E-state index >= 15 is 0 Å². The number of aromatic nitrogens is 3. The minimum absolute atomic E-state index is 0.208. The third-order valence-corrected chi connectivity index (χ3v) is 5.24. The Bertz CT molecular complexity index is 972. The van der Waals surface area contributed by atoms with Gasteiger partial charge in [0.2, 0.25) is 11.9 Å². The van der Waals surface area contributed by atoms with Crippen LogP contribution in [0.3, 0.4) is 0 Å². The Balaban J connectivity index is 1.41. The average Bonchev–Trinajstić information content (AvgIpc) is 2.72. The zero-order chi connectivity index (χ0) is 20.2. The highest BCUT2D eigenvalue weighted by atomic mass is 35.5. The average molecular weight is 410 g/mol. The number of benzene rings is 2. The fraction of sp³-hybridized carbons (Fsp3) is 0.286. The smallest absolute Gasteiger partial charge is 0.232 e. The van der Waals surface area contributed by atoms with Crippen molar-refractivity contribution in [1.29, 1.82) is 0 Å². The largest absolute Gasteiger partial charge is 0.369 e. The van der Waals surface area contributed by atoms with Crippen molar-refractivity contribution in [3.63, 3.8) is 0 Å². The van der Waals surface area contributed by atoms with E-state index in [1.54, 1.807) is 0 Å². The second-order valence-electron chi connectivity index (χ2n) is 7.12. The predicted molar refractivity (Wildman–Crippen MR) is 118 cm³/mol. The molecule has 3 aromatic rings. The normalized spacial score (nSPS) is 14.8. The van der Waals surface area contributed by atoms with Gasteiger partial charge in [-0.3, -0.25) is 4.90 Å². The molecule has 1 saturated heterocycles. The van der Waals surface area contributed by atoms with Gasteiger partial charge in [0.15, 0.2) is 0 Å². The first-order valence-corrected chi connectivity index (χ1v) is 10.0. The lowest BCUT2D eigenvalue weighted by molar-refractivity contribution is 0.244. The van der Waals surface area contributed by atoms with E-state index in [4.69, 9.17) is 17.3 Å². The molecule has 0 atom stereocenters. The van der Waals surface area contributed by atoms with Crippen molar-refractivity contribution in [2.24, 2.45) is 0 Å². The van der Waals surface area contributed by atoms with Crippen LogP contribution < -0.4 is 16.0 Å². The summed E-state index contributed by atoms with van der Waals surface area (Å²) in [5.41, 5.74) is 9.09. The molecule has 0 saturated carbocycles. The molecule has 150 valence electrons. The summed E-state index contributed by atoms with van der Waals surface area (Å²) in [6, 6.07) is 16.1. The summed E-state index contributed by atoms with van der Waals surface area (Å²) in [6.07, 6.45) is 0. The van der Waals surface area contributed by atoms with Crippen LogP contribution in [0.15, 0.2) is 48.5 Å². The summed E-state index contributed by atoms with van der Waals surface area (Å²) >= 11 is 6.10. The number of hydrogen-bond acceptors (Lipinski definition) is 7. The Morgan fingerprint density at radius 1 is 1.00 bits per heavy atom. The van der Waals surface area contributed by atoms with E-state index in [1.165, 1.54) is 5.69 Å². The van der Waals surface area contributed by atoms with Gasteiger partial charge in [-0.05, 0) is 36.8 Å². The number of nitrogen functional groups attached to an aromatic ring is 1. The molecule has 2 heterocycles. The van der Waals surface area contributed by atoms with Crippen molar-refractivity contribution in [2.75, 3.05) is 42.1 Å². The summed E-state index contributed by atoms with van der Waals surface area (Å²) in [6.45, 7) is 6.46. The number of para-hydroxylation sites is 1. The summed E-state index contributed by atoms with van der Waals surface area (Å²) in [7, 11) is 0. The zero-order valence-electron chi connectivity index (χ0n) is 16.3. The van der Waals surface area contributed by atoms with Crippen molar-refractivity contribution in [3.8, 4) is 0 Å². The van der Waals surface area contributed by atoms with Crippen LogP contribution in [0.25, 0.3) is 0 Å². The van der Waals surface area contributed by atoms with E-state index in [0.29, 0.717) is 23.3 Å². The molecule has 4 rings (SSSR count).